The van der Waals surface area contributed by atoms with Crippen LogP contribution in [-0.4, -0.2) is 39.7 Å². The van der Waals surface area contributed by atoms with E-state index in [-0.39, 0.29) is 17.9 Å². The number of aryl methyl sites for hydroxylation is 1. The molecule has 2 aromatic heterocycles. The molecule has 5 rings (SSSR count). The molecule has 2 atom stereocenters. The van der Waals surface area contributed by atoms with Gasteiger partial charge in [0.2, 0.25) is 5.91 Å². The zero-order valence-electron chi connectivity index (χ0n) is 17.5. The number of halogens is 2. The smallest absolute Gasteiger partial charge is 0.278 e. The van der Waals surface area contributed by atoms with Crippen LogP contribution in [0.5, 0.6) is 0 Å². The van der Waals surface area contributed by atoms with Gasteiger partial charge in [-0.1, -0.05) is 13.8 Å². The first-order valence-corrected chi connectivity index (χ1v) is 10.4. The third-order valence-corrected chi connectivity index (χ3v) is 6.75. The fourth-order valence-electron chi connectivity index (χ4n) is 4.90. The van der Waals surface area contributed by atoms with Gasteiger partial charge in [-0.3, -0.25) is 9.48 Å². The van der Waals surface area contributed by atoms with Crippen molar-refractivity contribution in [2.45, 2.75) is 58.2 Å². The molecule has 0 bridgehead atoms. The number of pyridine rings is 1. The van der Waals surface area contributed by atoms with Crippen LogP contribution < -0.4 is 15.5 Å². The predicted octanol–water partition coefficient (Wildman–Crippen LogP) is 3.58. The van der Waals surface area contributed by atoms with E-state index in [4.69, 9.17) is 0 Å². The molecule has 2 unspecified atom stereocenters. The van der Waals surface area contributed by atoms with Crippen molar-refractivity contribution in [3.63, 3.8) is 0 Å². The predicted molar refractivity (Wildman–Crippen MR) is 110 cm³/mol. The molecule has 2 aromatic rings. The quantitative estimate of drug-likeness (QED) is 0.779. The van der Waals surface area contributed by atoms with Gasteiger partial charge >= 0.3 is 0 Å². The van der Waals surface area contributed by atoms with Crippen LogP contribution in [0.3, 0.4) is 0 Å². The minimum Gasteiger partial charge on any atom is -0.366 e. The highest BCUT2D eigenvalue weighted by Gasteiger charge is 2.87. The fraction of sp³-hybridized carbons (Fsp3) is 0.571. The molecule has 0 saturated heterocycles. The van der Waals surface area contributed by atoms with Crippen molar-refractivity contribution in [3.05, 3.63) is 29.7 Å². The Labute approximate surface area is 173 Å². The normalized spacial score (nSPS) is 25.3. The van der Waals surface area contributed by atoms with Gasteiger partial charge in [-0.25, -0.2) is 13.8 Å². The van der Waals surface area contributed by atoms with E-state index in [1.807, 2.05) is 38.8 Å². The summed E-state index contributed by atoms with van der Waals surface area (Å²) >= 11 is 0. The summed E-state index contributed by atoms with van der Waals surface area (Å²) in [6.07, 6.45) is 4.49. The summed E-state index contributed by atoms with van der Waals surface area (Å²) in [4.78, 5) is 19.0. The van der Waals surface area contributed by atoms with Crippen molar-refractivity contribution in [3.8, 4) is 0 Å². The number of carbonyl (C=O) groups is 1. The van der Waals surface area contributed by atoms with E-state index in [0.717, 1.165) is 22.6 Å². The van der Waals surface area contributed by atoms with Gasteiger partial charge in [-0.2, -0.15) is 5.10 Å². The highest BCUT2D eigenvalue weighted by Crippen LogP contribution is 2.82. The Morgan fingerprint density at radius 3 is 2.73 bits per heavy atom. The Morgan fingerprint density at radius 2 is 2.10 bits per heavy atom. The van der Waals surface area contributed by atoms with E-state index < -0.39 is 17.4 Å². The van der Waals surface area contributed by atoms with Gasteiger partial charge in [0.25, 0.3) is 5.92 Å². The van der Waals surface area contributed by atoms with Crippen molar-refractivity contribution < 1.29 is 13.6 Å². The second kappa shape index (κ2) is 6.15. The lowest BCUT2D eigenvalue weighted by atomic mass is 9.98. The molecule has 2 N–H and O–H groups in total. The summed E-state index contributed by atoms with van der Waals surface area (Å²) in [5.41, 5.74) is 2.35. The van der Waals surface area contributed by atoms with E-state index in [1.165, 1.54) is 4.68 Å². The lowest BCUT2D eigenvalue weighted by Gasteiger charge is -2.38. The highest BCUT2D eigenvalue weighted by atomic mass is 19.3. The second-order valence-corrected chi connectivity index (χ2v) is 9.14. The monoisotopic (exact) mass is 416 g/mol. The van der Waals surface area contributed by atoms with Gasteiger partial charge in [-0.15, -0.1) is 0 Å². The molecule has 1 spiro atoms. The molecular formula is C21H26F2N6O. The molecule has 2 aliphatic carbocycles. The molecular weight excluding hydrogens is 390 g/mol. The average Bonchev–Trinajstić information content (AvgIpc) is 3.46. The molecule has 7 nitrogen and oxygen atoms in total. The molecule has 2 fully saturated rings. The molecule has 3 aliphatic rings. The maximum atomic E-state index is 14.0. The molecule has 0 aromatic carbocycles. The van der Waals surface area contributed by atoms with Crippen LogP contribution in [-0.2, 0) is 11.3 Å². The molecule has 1 amide bonds. The van der Waals surface area contributed by atoms with Gasteiger partial charge in [0.1, 0.15) is 17.9 Å². The highest BCUT2D eigenvalue weighted by molar-refractivity contribution is 6.04. The zero-order chi connectivity index (χ0) is 21.4. The number of carbonyl (C=O) groups excluding carboxylic acids is 1. The number of likely N-dealkylation sites (N-methyl/N-ethyl adjacent to an activating group) is 1. The molecule has 2 saturated carbocycles. The standard InChI is InChI=1S/C21H26F2N6O/c1-11(2)17-18(30)27-16-12(3)26-15(7-14(16)28(17)4)24-8-13-9-25-29(10-13)19-20(5-6-20)21(19,22)23/h7,9-11,17,19H,5-6,8H2,1-4H3,(H,24,26)(H,27,30). The Morgan fingerprint density at radius 1 is 1.37 bits per heavy atom. The number of anilines is 3. The van der Waals surface area contributed by atoms with Crippen molar-refractivity contribution in [2.75, 3.05) is 22.6 Å². The van der Waals surface area contributed by atoms with E-state index in [2.05, 4.69) is 20.7 Å². The van der Waals surface area contributed by atoms with Gasteiger partial charge in [0.15, 0.2) is 0 Å². The summed E-state index contributed by atoms with van der Waals surface area (Å²) in [5.74, 6) is -1.83. The maximum absolute atomic E-state index is 14.0. The number of amides is 1. The minimum atomic E-state index is -2.64. The number of fused-ring (bicyclic) bond motifs is 1. The van der Waals surface area contributed by atoms with Crippen molar-refractivity contribution >= 4 is 23.1 Å². The summed E-state index contributed by atoms with van der Waals surface area (Å²) in [6.45, 7) is 6.33. The maximum Gasteiger partial charge on any atom is 0.278 e. The Hall–Kier alpha value is -2.71. The fourth-order valence-corrected chi connectivity index (χ4v) is 4.90. The average molecular weight is 416 g/mol. The summed E-state index contributed by atoms with van der Waals surface area (Å²) in [6, 6.07) is 0.865. The zero-order valence-corrected chi connectivity index (χ0v) is 17.5. The van der Waals surface area contributed by atoms with E-state index in [9.17, 15) is 13.6 Å². The molecule has 160 valence electrons. The molecule has 1 aliphatic heterocycles. The molecule has 30 heavy (non-hydrogen) atoms. The number of hydrogen-bond acceptors (Lipinski definition) is 5. The first-order chi connectivity index (χ1) is 14.2. The SMILES string of the molecule is Cc1nc(NCc2cnn(C3C(F)(F)C34CC4)c2)cc2c1NC(=O)C(C(C)C)N2C. The van der Waals surface area contributed by atoms with Crippen molar-refractivity contribution in [2.24, 2.45) is 11.3 Å². The summed E-state index contributed by atoms with van der Waals surface area (Å²) in [7, 11) is 1.92. The van der Waals surface area contributed by atoms with Crippen LogP contribution in [0.4, 0.5) is 26.0 Å². The van der Waals surface area contributed by atoms with Crippen LogP contribution in [0.25, 0.3) is 0 Å². The van der Waals surface area contributed by atoms with Crippen LogP contribution in [0.2, 0.25) is 0 Å². The molecule has 3 heterocycles. The third-order valence-electron chi connectivity index (χ3n) is 6.75. The Kier molecular flexibility index (Phi) is 3.95. The van der Waals surface area contributed by atoms with Crippen LogP contribution in [0.15, 0.2) is 18.5 Å². The number of hydrogen-bond donors (Lipinski definition) is 2. The molecule has 0 radical (unpaired) electrons. The lowest BCUT2D eigenvalue weighted by Crippen LogP contribution is -2.49. The number of alkyl halides is 2. The van der Waals surface area contributed by atoms with Gasteiger partial charge in [0, 0.05) is 31.4 Å². The van der Waals surface area contributed by atoms with E-state index in [0.29, 0.717) is 25.2 Å². The van der Waals surface area contributed by atoms with Crippen LogP contribution in [0, 0.1) is 18.3 Å². The molecule has 9 heteroatoms. The number of nitrogens with zero attached hydrogens (tertiary/aromatic N) is 4. The lowest BCUT2D eigenvalue weighted by molar-refractivity contribution is -0.118. The van der Waals surface area contributed by atoms with Crippen molar-refractivity contribution in [1.82, 2.24) is 14.8 Å². The topological polar surface area (TPSA) is 75.1 Å². The number of rotatable bonds is 5. The van der Waals surface area contributed by atoms with Crippen LogP contribution in [0.1, 0.15) is 44.0 Å². The number of aromatic nitrogens is 3. The third kappa shape index (κ3) is 2.63. The Bertz CT molecular complexity index is 1020. The minimum absolute atomic E-state index is 0.0247. The number of nitrogens with one attached hydrogen (secondary N) is 2. The van der Waals surface area contributed by atoms with Gasteiger partial charge < -0.3 is 15.5 Å². The van der Waals surface area contributed by atoms with Crippen molar-refractivity contribution in [1.29, 1.82) is 0 Å². The largest absolute Gasteiger partial charge is 0.366 e. The summed E-state index contributed by atoms with van der Waals surface area (Å²) in [5, 5.41) is 10.4. The van der Waals surface area contributed by atoms with Gasteiger partial charge in [-0.05, 0) is 25.7 Å². The van der Waals surface area contributed by atoms with Gasteiger partial charge in [0.05, 0.1) is 28.7 Å². The first-order valence-electron chi connectivity index (χ1n) is 10.4. The summed E-state index contributed by atoms with van der Waals surface area (Å²) < 4.78 is 29.5. The van der Waals surface area contributed by atoms with E-state index in [1.54, 1.807) is 12.4 Å². The first kappa shape index (κ1) is 19.3. The Balaban J connectivity index is 1.32. The van der Waals surface area contributed by atoms with Crippen LogP contribution >= 0.6 is 0 Å². The van der Waals surface area contributed by atoms with E-state index >= 15 is 0 Å². The second-order valence-electron chi connectivity index (χ2n) is 9.14.